The molecule has 0 aliphatic heterocycles. The maximum atomic E-state index is 12.4. The number of carbonyl (C=O) groups excluding carboxylic acids is 1. The number of amides is 1. The van der Waals surface area contributed by atoms with Gasteiger partial charge in [-0.05, 0) is 19.1 Å². The first-order valence-electron chi connectivity index (χ1n) is 8.33. The molecule has 0 aliphatic rings. The van der Waals surface area contributed by atoms with Crippen molar-refractivity contribution in [1.29, 1.82) is 0 Å². The molecule has 4 N–H and O–H groups in total. The average Bonchev–Trinajstić information content (AvgIpc) is 2.66. The Hall–Kier alpha value is -2.92. The molecule has 152 valence electrons. The number of sulfonamides is 1. The fraction of sp³-hybridized carbons (Fsp3) is 0.353. The largest absolute Gasteiger partial charge is 0.493 e. The molecule has 0 aliphatic carbocycles. The molecule has 1 heterocycles. The van der Waals surface area contributed by atoms with E-state index in [2.05, 4.69) is 20.0 Å². The molecule has 0 radical (unpaired) electrons. The van der Waals surface area contributed by atoms with E-state index < -0.39 is 10.0 Å². The van der Waals surface area contributed by atoms with Crippen LogP contribution < -0.4 is 25.2 Å². The Morgan fingerprint density at radius 1 is 1.21 bits per heavy atom. The number of aromatic nitrogens is 2. The molecular weight excluding hydrogens is 386 g/mol. The zero-order chi connectivity index (χ0) is 20.7. The molecule has 0 saturated carbocycles. The summed E-state index contributed by atoms with van der Waals surface area (Å²) in [5.41, 5.74) is 6.35. The van der Waals surface area contributed by atoms with Crippen molar-refractivity contribution in [2.75, 3.05) is 26.5 Å². The second-order valence-corrected chi connectivity index (χ2v) is 7.54. The van der Waals surface area contributed by atoms with Gasteiger partial charge in [0.05, 0.1) is 19.1 Å². The quantitative estimate of drug-likeness (QED) is 0.538. The maximum Gasteiger partial charge on any atom is 0.240 e. The number of nitrogens with zero attached hydrogens (tertiary/aromatic N) is 2. The van der Waals surface area contributed by atoms with Crippen LogP contribution >= 0.6 is 0 Å². The number of nitrogens with two attached hydrogens (primary N) is 1. The zero-order valence-electron chi connectivity index (χ0n) is 15.9. The number of ether oxygens (including phenoxy) is 2. The van der Waals surface area contributed by atoms with E-state index in [1.165, 1.54) is 38.6 Å². The fourth-order valence-corrected chi connectivity index (χ4v) is 3.34. The summed E-state index contributed by atoms with van der Waals surface area (Å²) in [6, 6.07) is 4.24. The summed E-state index contributed by atoms with van der Waals surface area (Å²) in [6.07, 6.45) is 1.50. The van der Waals surface area contributed by atoms with E-state index >= 15 is 0 Å². The Labute approximate surface area is 163 Å². The SMILES string of the molecule is COc1ccc(S(=O)(=O)NCCC(=O)NCc2cnc(C)nc2N)cc1OC. The predicted molar refractivity (Wildman–Crippen MR) is 102 cm³/mol. The van der Waals surface area contributed by atoms with Gasteiger partial charge in [-0.3, -0.25) is 4.79 Å². The Morgan fingerprint density at radius 2 is 1.93 bits per heavy atom. The fourth-order valence-electron chi connectivity index (χ4n) is 2.30. The Morgan fingerprint density at radius 3 is 2.57 bits per heavy atom. The highest BCUT2D eigenvalue weighted by Crippen LogP contribution is 2.29. The first kappa shape index (κ1) is 21.4. The van der Waals surface area contributed by atoms with Crippen molar-refractivity contribution in [3.63, 3.8) is 0 Å². The topological polar surface area (TPSA) is 146 Å². The van der Waals surface area contributed by atoms with Crippen molar-refractivity contribution >= 4 is 21.7 Å². The van der Waals surface area contributed by atoms with Crippen LogP contribution in [-0.4, -0.2) is 45.1 Å². The lowest BCUT2D eigenvalue weighted by atomic mass is 10.3. The predicted octanol–water partition coefficient (Wildman–Crippen LogP) is 0.369. The number of anilines is 1. The molecule has 0 unspecified atom stereocenters. The molecule has 2 aromatic rings. The number of carbonyl (C=O) groups is 1. The number of hydrogen-bond donors (Lipinski definition) is 3. The number of hydrogen-bond acceptors (Lipinski definition) is 8. The standard InChI is InChI=1S/C17H23N5O5S/c1-11-19-9-12(17(18)22-11)10-20-16(23)6-7-21-28(24,25)13-4-5-14(26-2)15(8-13)27-3/h4-5,8-9,21H,6-7,10H2,1-3H3,(H,20,23)(H2,18,19,22). The lowest BCUT2D eigenvalue weighted by Crippen LogP contribution is -2.30. The van der Waals surface area contributed by atoms with Gasteiger partial charge < -0.3 is 20.5 Å². The first-order valence-corrected chi connectivity index (χ1v) is 9.81. The normalized spacial score (nSPS) is 11.1. The van der Waals surface area contributed by atoms with Crippen molar-refractivity contribution in [3.05, 3.63) is 35.8 Å². The van der Waals surface area contributed by atoms with Crippen LogP contribution in [0.2, 0.25) is 0 Å². The lowest BCUT2D eigenvalue weighted by Gasteiger charge is -2.11. The molecule has 28 heavy (non-hydrogen) atoms. The van der Waals surface area contributed by atoms with Crippen molar-refractivity contribution in [2.45, 2.75) is 24.8 Å². The zero-order valence-corrected chi connectivity index (χ0v) is 16.7. The number of rotatable bonds is 9. The van der Waals surface area contributed by atoms with Crippen molar-refractivity contribution in [1.82, 2.24) is 20.0 Å². The van der Waals surface area contributed by atoms with Crippen molar-refractivity contribution in [3.8, 4) is 11.5 Å². The maximum absolute atomic E-state index is 12.4. The Kier molecular flexibility index (Phi) is 7.12. The summed E-state index contributed by atoms with van der Waals surface area (Å²) < 4.78 is 37.3. The number of benzene rings is 1. The van der Waals surface area contributed by atoms with Crippen LogP contribution in [0.3, 0.4) is 0 Å². The van der Waals surface area contributed by atoms with Gasteiger partial charge in [-0.2, -0.15) is 0 Å². The minimum absolute atomic E-state index is 0.00939. The first-order chi connectivity index (χ1) is 13.3. The van der Waals surface area contributed by atoms with Gasteiger partial charge in [-0.15, -0.1) is 0 Å². The number of methoxy groups -OCH3 is 2. The van der Waals surface area contributed by atoms with E-state index in [4.69, 9.17) is 15.2 Å². The summed E-state index contributed by atoms with van der Waals surface area (Å²) in [6.45, 7) is 1.80. The molecule has 0 atom stereocenters. The molecular formula is C17H23N5O5S. The van der Waals surface area contributed by atoms with Crippen LogP contribution in [-0.2, 0) is 21.4 Å². The van der Waals surface area contributed by atoms with Crippen molar-refractivity contribution < 1.29 is 22.7 Å². The summed E-state index contributed by atoms with van der Waals surface area (Å²) in [5, 5.41) is 2.65. The number of nitrogen functional groups attached to an aromatic ring is 1. The van der Waals surface area contributed by atoms with Gasteiger partial charge in [0.2, 0.25) is 15.9 Å². The van der Waals surface area contributed by atoms with Crippen LogP contribution in [0.1, 0.15) is 17.8 Å². The third-order valence-corrected chi connectivity index (χ3v) is 5.26. The van der Waals surface area contributed by atoms with Crippen LogP contribution in [0, 0.1) is 6.92 Å². The Bertz CT molecular complexity index is 949. The molecule has 1 amide bonds. The van der Waals surface area contributed by atoms with E-state index in [9.17, 15) is 13.2 Å². The molecule has 0 bridgehead atoms. The highest BCUT2D eigenvalue weighted by Gasteiger charge is 2.17. The van der Waals surface area contributed by atoms with Gasteiger partial charge in [0.25, 0.3) is 0 Å². The molecule has 1 aromatic heterocycles. The van der Waals surface area contributed by atoms with E-state index in [1.807, 2.05) is 0 Å². The highest BCUT2D eigenvalue weighted by molar-refractivity contribution is 7.89. The van der Waals surface area contributed by atoms with Gasteiger partial charge in [0.1, 0.15) is 11.6 Å². The van der Waals surface area contributed by atoms with Gasteiger partial charge in [0, 0.05) is 37.3 Å². The van der Waals surface area contributed by atoms with Gasteiger partial charge in [0.15, 0.2) is 11.5 Å². The molecule has 10 nitrogen and oxygen atoms in total. The minimum atomic E-state index is -3.80. The van der Waals surface area contributed by atoms with E-state index in [1.54, 1.807) is 6.92 Å². The molecule has 1 aromatic carbocycles. The number of aryl methyl sites for hydroxylation is 1. The van der Waals surface area contributed by atoms with E-state index in [0.717, 1.165) is 0 Å². The lowest BCUT2D eigenvalue weighted by molar-refractivity contribution is -0.121. The monoisotopic (exact) mass is 409 g/mol. The summed E-state index contributed by atoms with van der Waals surface area (Å²) >= 11 is 0. The smallest absolute Gasteiger partial charge is 0.240 e. The van der Waals surface area contributed by atoms with Crippen molar-refractivity contribution in [2.24, 2.45) is 0 Å². The van der Waals surface area contributed by atoms with Crippen LogP contribution in [0.25, 0.3) is 0 Å². The third-order valence-electron chi connectivity index (χ3n) is 3.80. The molecule has 11 heteroatoms. The van der Waals surface area contributed by atoms with E-state index in [-0.39, 0.29) is 30.3 Å². The minimum Gasteiger partial charge on any atom is -0.493 e. The van der Waals surface area contributed by atoms with Gasteiger partial charge in [-0.1, -0.05) is 0 Å². The van der Waals surface area contributed by atoms with E-state index in [0.29, 0.717) is 28.7 Å². The molecule has 2 rings (SSSR count). The van der Waals surface area contributed by atoms with Crippen LogP contribution in [0.4, 0.5) is 5.82 Å². The third kappa shape index (κ3) is 5.54. The molecule has 0 fully saturated rings. The molecule has 0 spiro atoms. The number of nitrogens with one attached hydrogen (secondary N) is 2. The summed E-state index contributed by atoms with van der Waals surface area (Å²) in [4.78, 5) is 20.0. The van der Waals surface area contributed by atoms with Crippen LogP contribution in [0.15, 0.2) is 29.3 Å². The second-order valence-electron chi connectivity index (χ2n) is 5.77. The summed E-state index contributed by atoms with van der Waals surface area (Å²) in [7, 11) is -0.926. The van der Waals surface area contributed by atoms with Crippen LogP contribution in [0.5, 0.6) is 11.5 Å². The highest BCUT2D eigenvalue weighted by atomic mass is 32.2. The summed E-state index contributed by atoms with van der Waals surface area (Å²) in [5.74, 6) is 1.20. The average molecular weight is 409 g/mol. The second kappa shape index (κ2) is 9.33. The molecule has 0 saturated heterocycles. The van der Waals surface area contributed by atoms with Gasteiger partial charge in [-0.25, -0.2) is 23.1 Å². The Balaban J connectivity index is 1.88. The van der Waals surface area contributed by atoms with Gasteiger partial charge >= 0.3 is 0 Å².